The van der Waals surface area contributed by atoms with Crippen LogP contribution in [0.25, 0.3) is 0 Å². The van der Waals surface area contributed by atoms with Crippen molar-refractivity contribution in [2.45, 2.75) is 103 Å². The maximum absolute atomic E-state index is 12.3. The topological polar surface area (TPSA) is 83.8 Å². The van der Waals surface area contributed by atoms with E-state index in [-0.39, 0.29) is 12.3 Å². The number of ketones is 1. The number of quaternary nitrogens is 1. The second kappa shape index (κ2) is 17.1. The lowest BCUT2D eigenvalue weighted by Crippen LogP contribution is -2.45. The molecule has 0 aromatic rings. The number of nitrogens with zero attached hydrogens (tertiary/aromatic N) is 1. The van der Waals surface area contributed by atoms with Crippen LogP contribution in [0.1, 0.15) is 96.8 Å². The highest BCUT2D eigenvalue weighted by Crippen LogP contribution is 2.38. The first kappa shape index (κ1) is 29.5. The largest absolute Gasteiger partial charge is 0.470 e. The molecule has 2 N–H and O–H groups in total. The van der Waals surface area contributed by atoms with Gasteiger partial charge in [-0.3, -0.25) is 9.32 Å². The molecule has 0 aliphatic heterocycles. The van der Waals surface area contributed by atoms with Crippen molar-refractivity contribution in [3.05, 3.63) is 12.2 Å². The summed E-state index contributed by atoms with van der Waals surface area (Å²) < 4.78 is 16.3. The van der Waals surface area contributed by atoms with E-state index in [0.717, 1.165) is 32.1 Å². The fraction of sp³-hybridized carbons (Fsp3) is 0.870. The number of carbonyl (C=O) groups is 1. The molecule has 0 aromatic heterocycles. The molecule has 7 heteroatoms. The van der Waals surface area contributed by atoms with E-state index in [2.05, 4.69) is 19.1 Å². The van der Waals surface area contributed by atoms with Crippen LogP contribution in [0.5, 0.6) is 0 Å². The summed E-state index contributed by atoms with van der Waals surface area (Å²) in [5, 5.41) is 0. The third-order valence-corrected chi connectivity index (χ3v) is 5.55. The molecular weight excluding hydrogens is 401 g/mol. The van der Waals surface area contributed by atoms with Gasteiger partial charge in [0.25, 0.3) is 0 Å². The van der Waals surface area contributed by atoms with Gasteiger partial charge in [-0.25, -0.2) is 4.57 Å². The van der Waals surface area contributed by atoms with Crippen molar-refractivity contribution in [2.75, 3.05) is 27.7 Å². The Hall–Kier alpha value is -0.520. The number of hydrogen-bond donors (Lipinski definition) is 2. The van der Waals surface area contributed by atoms with E-state index < -0.39 is 13.9 Å². The zero-order valence-electron chi connectivity index (χ0n) is 19.9. The summed E-state index contributed by atoms with van der Waals surface area (Å²) in [7, 11) is 0.926. The molecule has 6 nitrogen and oxygen atoms in total. The Labute approximate surface area is 184 Å². The average molecular weight is 449 g/mol. The van der Waals surface area contributed by atoms with Gasteiger partial charge in [-0.2, -0.15) is 0 Å². The van der Waals surface area contributed by atoms with E-state index in [4.69, 9.17) is 14.3 Å². The lowest BCUT2D eigenvalue weighted by atomic mass is 10.0. The standard InChI is InChI=1S/C23H46NO5P/c1-5-6-7-8-9-10-11-12-13-14-15-16-17-18-19-20-22(25)23(21-24(2,3)4)29-30(26,27)28/h12-13,23H,5-11,14-21H2,1-4H3,(H-,26,27,28)/p+1. The van der Waals surface area contributed by atoms with E-state index in [1.54, 1.807) is 0 Å². The summed E-state index contributed by atoms with van der Waals surface area (Å²) in [5.41, 5.74) is 0. The molecule has 0 aliphatic rings. The van der Waals surface area contributed by atoms with Crippen molar-refractivity contribution in [3.63, 3.8) is 0 Å². The van der Waals surface area contributed by atoms with Gasteiger partial charge < -0.3 is 14.3 Å². The number of phosphoric ester groups is 1. The van der Waals surface area contributed by atoms with E-state index in [9.17, 15) is 9.36 Å². The van der Waals surface area contributed by atoms with Crippen LogP contribution in [0.4, 0.5) is 0 Å². The molecule has 0 radical (unpaired) electrons. The molecule has 0 spiro atoms. The predicted molar refractivity (Wildman–Crippen MR) is 124 cm³/mol. The Kier molecular flexibility index (Phi) is 16.8. The van der Waals surface area contributed by atoms with Gasteiger partial charge in [-0.05, 0) is 32.1 Å². The lowest BCUT2D eigenvalue weighted by molar-refractivity contribution is -0.872. The van der Waals surface area contributed by atoms with Crippen molar-refractivity contribution in [3.8, 4) is 0 Å². The summed E-state index contributed by atoms with van der Waals surface area (Å²) in [6.07, 6.45) is 19.3. The molecule has 0 saturated heterocycles. The minimum absolute atomic E-state index is 0.219. The second-order valence-electron chi connectivity index (χ2n) is 9.36. The van der Waals surface area contributed by atoms with Crippen LogP contribution in [0.15, 0.2) is 12.2 Å². The number of unbranched alkanes of at least 4 members (excludes halogenated alkanes) is 11. The molecule has 178 valence electrons. The normalized spacial score (nSPS) is 13.8. The van der Waals surface area contributed by atoms with Gasteiger partial charge >= 0.3 is 7.82 Å². The zero-order chi connectivity index (χ0) is 22.9. The summed E-state index contributed by atoms with van der Waals surface area (Å²) in [6, 6.07) is 0. The molecule has 0 rings (SSSR count). The Morgan fingerprint density at radius 2 is 1.33 bits per heavy atom. The minimum Gasteiger partial charge on any atom is -0.328 e. The molecule has 0 fully saturated rings. The van der Waals surface area contributed by atoms with Gasteiger partial charge in [0.05, 0.1) is 21.1 Å². The number of rotatable bonds is 20. The fourth-order valence-corrected chi connectivity index (χ4v) is 3.90. The molecule has 0 aliphatic carbocycles. The van der Waals surface area contributed by atoms with Crippen molar-refractivity contribution < 1.29 is 28.2 Å². The molecule has 0 saturated carbocycles. The maximum Gasteiger partial charge on any atom is 0.470 e. The number of Topliss-reactive ketones (excluding diaryl/α,β-unsaturated/α-hetero) is 1. The summed E-state index contributed by atoms with van der Waals surface area (Å²) >= 11 is 0. The highest BCUT2D eigenvalue weighted by atomic mass is 31.2. The van der Waals surface area contributed by atoms with Gasteiger partial charge in [-0.15, -0.1) is 0 Å². The monoisotopic (exact) mass is 448 g/mol. The molecule has 30 heavy (non-hydrogen) atoms. The van der Waals surface area contributed by atoms with Gasteiger partial charge in [0.2, 0.25) is 0 Å². The molecule has 0 amide bonds. The SMILES string of the molecule is CCCCCCCCC=CCCCCCCCC(=O)C(C[N+](C)(C)C)OP(=O)(O)O. The fourth-order valence-electron chi connectivity index (χ4n) is 3.39. The van der Waals surface area contributed by atoms with Gasteiger partial charge in [0.15, 0.2) is 11.9 Å². The van der Waals surface area contributed by atoms with Crippen LogP contribution in [0.2, 0.25) is 0 Å². The molecule has 1 atom stereocenters. The van der Waals surface area contributed by atoms with Crippen LogP contribution in [0, 0.1) is 0 Å². The first-order chi connectivity index (χ1) is 14.0. The quantitative estimate of drug-likeness (QED) is 0.107. The molecule has 0 aromatic carbocycles. The van der Waals surface area contributed by atoms with E-state index in [1.165, 1.54) is 51.4 Å². The lowest BCUT2D eigenvalue weighted by Gasteiger charge is -2.28. The highest BCUT2D eigenvalue weighted by Gasteiger charge is 2.32. The smallest absolute Gasteiger partial charge is 0.328 e. The van der Waals surface area contributed by atoms with Crippen molar-refractivity contribution in [2.24, 2.45) is 0 Å². The number of likely N-dealkylation sites (N-methyl/N-ethyl adjacent to an activating group) is 1. The van der Waals surface area contributed by atoms with Gasteiger partial charge in [0.1, 0.15) is 6.54 Å². The number of phosphoric acid groups is 1. The predicted octanol–water partition coefficient (Wildman–Crippen LogP) is 5.78. The van der Waals surface area contributed by atoms with Crippen LogP contribution in [-0.4, -0.2) is 53.8 Å². The molecular formula is C23H47NO5P+. The Balaban J connectivity index is 3.79. The van der Waals surface area contributed by atoms with Gasteiger partial charge in [0, 0.05) is 6.42 Å². The Bertz CT molecular complexity index is 510. The van der Waals surface area contributed by atoms with E-state index in [1.807, 2.05) is 21.1 Å². The first-order valence-electron chi connectivity index (χ1n) is 11.8. The third-order valence-electron chi connectivity index (χ3n) is 5.02. The van der Waals surface area contributed by atoms with E-state index >= 15 is 0 Å². The third kappa shape index (κ3) is 20.7. The number of hydrogen-bond acceptors (Lipinski definition) is 3. The average Bonchev–Trinajstić information content (AvgIpc) is 2.62. The Morgan fingerprint density at radius 3 is 1.80 bits per heavy atom. The Morgan fingerprint density at radius 1 is 0.867 bits per heavy atom. The van der Waals surface area contributed by atoms with Crippen molar-refractivity contribution >= 4 is 13.6 Å². The minimum atomic E-state index is -4.67. The summed E-state index contributed by atoms with van der Waals surface area (Å²) in [5.74, 6) is -0.219. The van der Waals surface area contributed by atoms with Crippen molar-refractivity contribution in [1.29, 1.82) is 0 Å². The van der Waals surface area contributed by atoms with Crippen LogP contribution in [-0.2, 0) is 13.9 Å². The van der Waals surface area contributed by atoms with Crippen LogP contribution in [0.3, 0.4) is 0 Å². The highest BCUT2D eigenvalue weighted by molar-refractivity contribution is 7.46. The van der Waals surface area contributed by atoms with Gasteiger partial charge in [-0.1, -0.05) is 70.4 Å². The zero-order valence-corrected chi connectivity index (χ0v) is 20.7. The maximum atomic E-state index is 12.3. The number of carbonyl (C=O) groups excluding carboxylic acids is 1. The summed E-state index contributed by atoms with van der Waals surface area (Å²) in [4.78, 5) is 30.5. The van der Waals surface area contributed by atoms with Crippen molar-refractivity contribution in [1.82, 2.24) is 0 Å². The number of allylic oxidation sites excluding steroid dienone is 2. The van der Waals surface area contributed by atoms with E-state index in [0.29, 0.717) is 10.9 Å². The second-order valence-corrected chi connectivity index (χ2v) is 10.6. The molecule has 0 bridgehead atoms. The molecule has 0 heterocycles. The van der Waals surface area contributed by atoms with Crippen LogP contribution >= 0.6 is 7.82 Å². The first-order valence-corrected chi connectivity index (χ1v) is 13.3. The summed E-state index contributed by atoms with van der Waals surface area (Å²) in [6.45, 7) is 2.49. The molecule has 1 unspecified atom stereocenters. The van der Waals surface area contributed by atoms with Crippen LogP contribution < -0.4 is 0 Å².